The van der Waals surface area contributed by atoms with Gasteiger partial charge in [0.05, 0.1) is 23.6 Å². The van der Waals surface area contributed by atoms with Crippen molar-refractivity contribution in [1.29, 1.82) is 0 Å². The minimum absolute atomic E-state index is 0.115. The number of phenolic OH excluding ortho intramolecular Hbond substituents is 1. The monoisotopic (exact) mass is 411 g/mol. The van der Waals surface area contributed by atoms with Crippen molar-refractivity contribution >= 4 is 16.9 Å². The number of carboxylic acids is 1. The summed E-state index contributed by atoms with van der Waals surface area (Å²) in [5, 5.41) is 21.1. The maximum Gasteiger partial charge on any atom is 0.309 e. The lowest BCUT2D eigenvalue weighted by atomic mass is 9.78. The number of nitrogens with zero attached hydrogens (tertiary/aromatic N) is 1. The van der Waals surface area contributed by atoms with Gasteiger partial charge in [0.2, 0.25) is 0 Å². The predicted molar refractivity (Wildman–Crippen MR) is 113 cm³/mol. The summed E-state index contributed by atoms with van der Waals surface area (Å²) in [6.45, 7) is 7.87. The number of aromatic hydroxyl groups is 1. The third-order valence-corrected chi connectivity index (χ3v) is 5.98. The molecule has 6 heteroatoms. The van der Waals surface area contributed by atoms with Crippen molar-refractivity contribution in [3.8, 4) is 11.4 Å². The predicted octanol–water partition coefficient (Wildman–Crippen LogP) is 5.33. The van der Waals surface area contributed by atoms with E-state index in [0.717, 1.165) is 22.5 Å². The van der Waals surface area contributed by atoms with Crippen molar-refractivity contribution in [3.05, 3.63) is 59.5 Å². The second-order valence-electron chi connectivity index (χ2n) is 9.32. The third-order valence-electron chi connectivity index (χ3n) is 5.98. The summed E-state index contributed by atoms with van der Waals surface area (Å²) in [6, 6.07) is 11.5. The van der Waals surface area contributed by atoms with Gasteiger partial charge in [0.1, 0.15) is 11.6 Å². The molecule has 2 heterocycles. The molecule has 0 aliphatic carbocycles. The average Bonchev–Trinajstić information content (AvgIpc) is 3.03. The van der Waals surface area contributed by atoms with Crippen LogP contribution in [0.1, 0.15) is 51.5 Å². The Labute approximate surface area is 174 Å². The molecule has 0 spiro atoms. The Morgan fingerprint density at radius 2 is 1.90 bits per heavy atom. The fourth-order valence-corrected chi connectivity index (χ4v) is 4.36. The molecule has 1 aliphatic heterocycles. The van der Waals surface area contributed by atoms with Crippen LogP contribution in [0.25, 0.3) is 16.6 Å². The van der Waals surface area contributed by atoms with Gasteiger partial charge in [-0.3, -0.25) is 4.79 Å². The first-order valence-electron chi connectivity index (χ1n) is 10.0. The van der Waals surface area contributed by atoms with Gasteiger partial charge in [-0.05, 0) is 56.7 Å². The van der Waals surface area contributed by atoms with E-state index in [2.05, 4.69) is 13.8 Å². The van der Waals surface area contributed by atoms with E-state index in [0.29, 0.717) is 12.0 Å². The number of aromatic nitrogens is 1. The summed E-state index contributed by atoms with van der Waals surface area (Å²) in [5.41, 5.74) is 1.90. The number of hydrogen-bond donors (Lipinski definition) is 2. The zero-order valence-electron chi connectivity index (χ0n) is 17.6. The van der Waals surface area contributed by atoms with Crippen molar-refractivity contribution in [2.45, 2.75) is 45.6 Å². The standard InChI is InChI=1S/C24H26FNO4/c1-23(2,22(28)29)12-18-20-19-16(6-5-7-17(19)27)26(15-10-8-14(25)9-11-15)21(20)24(3,4)13-30-18/h5-11,18,27H,12-13H2,1-4H3,(H,28,29)/t18-/m1/s1. The number of hydrogen-bond acceptors (Lipinski definition) is 3. The van der Waals surface area contributed by atoms with Crippen LogP contribution in [0.3, 0.4) is 0 Å². The molecule has 0 bridgehead atoms. The molecule has 4 rings (SSSR count). The molecule has 0 saturated heterocycles. The number of carboxylic acid groups (broad SMARTS) is 1. The van der Waals surface area contributed by atoms with Crippen molar-refractivity contribution in [1.82, 2.24) is 4.57 Å². The zero-order valence-corrected chi connectivity index (χ0v) is 17.6. The molecule has 1 atom stereocenters. The second-order valence-corrected chi connectivity index (χ2v) is 9.32. The van der Waals surface area contributed by atoms with E-state index in [1.54, 1.807) is 38.1 Å². The van der Waals surface area contributed by atoms with Gasteiger partial charge in [0.25, 0.3) is 0 Å². The molecule has 0 radical (unpaired) electrons. The highest BCUT2D eigenvalue weighted by Gasteiger charge is 2.43. The molecular formula is C24H26FNO4. The SMILES string of the molecule is CC(C)(C[C@H]1OCC(C)(C)c2c1c1c(O)cccc1n2-c1ccc(F)cc1)C(=O)O. The Morgan fingerprint density at radius 3 is 2.53 bits per heavy atom. The smallest absolute Gasteiger partial charge is 0.309 e. The number of aliphatic carboxylic acids is 1. The number of benzene rings is 2. The molecule has 1 aromatic heterocycles. The Kier molecular flexibility index (Phi) is 4.66. The molecule has 30 heavy (non-hydrogen) atoms. The van der Waals surface area contributed by atoms with Crippen LogP contribution in [0.2, 0.25) is 0 Å². The Morgan fingerprint density at radius 1 is 1.23 bits per heavy atom. The minimum Gasteiger partial charge on any atom is -0.507 e. The van der Waals surface area contributed by atoms with Gasteiger partial charge in [0, 0.05) is 27.7 Å². The molecule has 2 aromatic carbocycles. The van der Waals surface area contributed by atoms with Gasteiger partial charge in [-0.1, -0.05) is 19.9 Å². The normalized spacial score (nSPS) is 18.4. The van der Waals surface area contributed by atoms with Crippen LogP contribution in [-0.2, 0) is 14.9 Å². The van der Waals surface area contributed by atoms with E-state index < -0.39 is 22.9 Å². The van der Waals surface area contributed by atoms with E-state index in [1.807, 2.05) is 10.6 Å². The quantitative estimate of drug-likeness (QED) is 0.609. The topological polar surface area (TPSA) is 71.7 Å². The summed E-state index contributed by atoms with van der Waals surface area (Å²) in [7, 11) is 0. The number of fused-ring (bicyclic) bond motifs is 3. The lowest BCUT2D eigenvalue weighted by Gasteiger charge is -2.38. The van der Waals surface area contributed by atoms with E-state index in [4.69, 9.17) is 4.74 Å². The Bertz CT molecular complexity index is 1130. The average molecular weight is 411 g/mol. The molecule has 3 aromatic rings. The van der Waals surface area contributed by atoms with E-state index in [-0.39, 0.29) is 18.0 Å². The number of phenols is 1. The molecule has 5 nitrogen and oxygen atoms in total. The van der Waals surface area contributed by atoms with Gasteiger partial charge in [0.15, 0.2) is 0 Å². The van der Waals surface area contributed by atoms with Crippen LogP contribution in [0.15, 0.2) is 42.5 Å². The largest absolute Gasteiger partial charge is 0.507 e. The molecule has 0 amide bonds. The molecular weight excluding hydrogens is 385 g/mol. The fourth-order valence-electron chi connectivity index (χ4n) is 4.36. The second kappa shape index (κ2) is 6.84. The molecule has 0 unspecified atom stereocenters. The number of rotatable bonds is 4. The Hall–Kier alpha value is -2.86. The van der Waals surface area contributed by atoms with Crippen molar-refractivity contribution in [2.75, 3.05) is 6.61 Å². The molecule has 0 saturated carbocycles. The van der Waals surface area contributed by atoms with E-state index in [1.165, 1.54) is 12.1 Å². The van der Waals surface area contributed by atoms with Gasteiger partial charge in [-0.15, -0.1) is 0 Å². The van der Waals surface area contributed by atoms with Crippen molar-refractivity contribution in [3.63, 3.8) is 0 Å². The van der Waals surface area contributed by atoms with Crippen LogP contribution >= 0.6 is 0 Å². The van der Waals surface area contributed by atoms with Crippen LogP contribution in [-0.4, -0.2) is 27.4 Å². The van der Waals surface area contributed by atoms with E-state index in [9.17, 15) is 19.4 Å². The maximum atomic E-state index is 13.6. The van der Waals surface area contributed by atoms with Gasteiger partial charge < -0.3 is 19.5 Å². The third kappa shape index (κ3) is 3.16. The van der Waals surface area contributed by atoms with Gasteiger partial charge >= 0.3 is 5.97 Å². The first-order valence-corrected chi connectivity index (χ1v) is 10.0. The highest BCUT2D eigenvalue weighted by atomic mass is 19.1. The minimum atomic E-state index is -1.00. The maximum absolute atomic E-state index is 13.6. The summed E-state index contributed by atoms with van der Waals surface area (Å²) in [4.78, 5) is 11.8. The molecule has 2 N–H and O–H groups in total. The first-order chi connectivity index (χ1) is 14.0. The molecule has 0 fully saturated rings. The number of halogens is 1. The molecule has 158 valence electrons. The highest BCUT2D eigenvalue weighted by molar-refractivity contribution is 5.93. The van der Waals surface area contributed by atoms with Crippen molar-refractivity contribution in [2.24, 2.45) is 5.41 Å². The van der Waals surface area contributed by atoms with Crippen molar-refractivity contribution < 1.29 is 24.1 Å². The van der Waals surface area contributed by atoms with Crippen LogP contribution < -0.4 is 0 Å². The Balaban J connectivity index is 2.05. The van der Waals surface area contributed by atoms with Crippen LogP contribution in [0.4, 0.5) is 4.39 Å². The van der Waals surface area contributed by atoms with E-state index >= 15 is 0 Å². The van der Waals surface area contributed by atoms with Crippen LogP contribution in [0.5, 0.6) is 5.75 Å². The zero-order chi connectivity index (χ0) is 21.8. The molecule has 1 aliphatic rings. The van der Waals surface area contributed by atoms with Gasteiger partial charge in [-0.2, -0.15) is 0 Å². The van der Waals surface area contributed by atoms with Crippen LogP contribution in [0, 0.1) is 11.2 Å². The lowest BCUT2D eigenvalue weighted by Crippen LogP contribution is -2.37. The number of carbonyl (C=O) groups is 1. The lowest BCUT2D eigenvalue weighted by molar-refractivity contribution is -0.149. The summed E-state index contributed by atoms with van der Waals surface area (Å²) >= 11 is 0. The summed E-state index contributed by atoms with van der Waals surface area (Å²) < 4.78 is 21.8. The summed E-state index contributed by atoms with van der Waals surface area (Å²) in [5.74, 6) is -1.11. The summed E-state index contributed by atoms with van der Waals surface area (Å²) in [6.07, 6.45) is -0.223. The fraction of sp³-hybridized carbons (Fsp3) is 0.375. The number of ether oxygens (including phenoxy) is 1. The van der Waals surface area contributed by atoms with Gasteiger partial charge in [-0.25, -0.2) is 4.39 Å². The first kappa shape index (κ1) is 20.4. The highest BCUT2D eigenvalue weighted by Crippen LogP contribution is 2.50.